The average Bonchev–Trinajstić information content (AvgIpc) is 3.41. The molecular weight excluding hydrogens is 444 g/mol. The number of aliphatic carboxylic acids is 1. The highest BCUT2D eigenvalue weighted by molar-refractivity contribution is 5.86. The molecule has 7 nitrogen and oxygen atoms in total. The topological polar surface area (TPSA) is 105 Å². The summed E-state index contributed by atoms with van der Waals surface area (Å²) in [4.78, 5) is 37.1. The maximum Gasteiger partial charge on any atom is 0.407 e. The van der Waals surface area contributed by atoms with Crippen LogP contribution in [0.5, 0.6) is 0 Å². The van der Waals surface area contributed by atoms with Gasteiger partial charge in [0.05, 0.1) is 0 Å². The lowest BCUT2D eigenvalue weighted by Gasteiger charge is -2.30. The molecule has 2 amide bonds. The quantitative estimate of drug-likeness (QED) is 0.541. The van der Waals surface area contributed by atoms with Crippen molar-refractivity contribution in [1.82, 2.24) is 10.6 Å². The molecule has 0 radical (unpaired) electrons. The summed E-state index contributed by atoms with van der Waals surface area (Å²) in [6.45, 7) is 5.92. The van der Waals surface area contributed by atoms with E-state index in [0.717, 1.165) is 24.0 Å². The van der Waals surface area contributed by atoms with Crippen molar-refractivity contribution in [1.29, 1.82) is 0 Å². The number of hydrogen-bond donors (Lipinski definition) is 3. The highest BCUT2D eigenvalue weighted by Crippen LogP contribution is 2.44. The lowest BCUT2D eigenvalue weighted by molar-refractivity contribution is -0.145. The summed E-state index contributed by atoms with van der Waals surface area (Å²) in [6.07, 6.45) is 1.84. The molecule has 0 saturated heterocycles. The molecular formula is C28H34N2O5. The van der Waals surface area contributed by atoms with Gasteiger partial charge in [0.1, 0.15) is 12.6 Å². The van der Waals surface area contributed by atoms with E-state index in [4.69, 9.17) is 4.74 Å². The van der Waals surface area contributed by atoms with E-state index in [2.05, 4.69) is 34.9 Å². The fourth-order valence-electron chi connectivity index (χ4n) is 5.39. The van der Waals surface area contributed by atoms with Gasteiger partial charge >= 0.3 is 12.1 Å². The van der Waals surface area contributed by atoms with Gasteiger partial charge in [0, 0.05) is 18.4 Å². The molecule has 1 saturated carbocycles. The SMILES string of the molecule is CC(C)(C)C(NC(=O)[C@H]1CCC[C@H]1CNC(=O)OCC1c2ccccc2-c2ccccc21)C(=O)O. The predicted molar refractivity (Wildman–Crippen MR) is 133 cm³/mol. The van der Waals surface area contributed by atoms with Crippen LogP contribution in [0.3, 0.4) is 0 Å². The molecule has 2 aliphatic carbocycles. The maximum absolute atomic E-state index is 12.9. The first-order valence-corrected chi connectivity index (χ1v) is 12.3. The highest BCUT2D eigenvalue weighted by Gasteiger charge is 2.38. The van der Waals surface area contributed by atoms with Gasteiger partial charge in [-0.1, -0.05) is 75.7 Å². The molecule has 3 atom stereocenters. The van der Waals surface area contributed by atoms with Gasteiger partial charge in [-0.2, -0.15) is 0 Å². The zero-order valence-corrected chi connectivity index (χ0v) is 20.5. The van der Waals surface area contributed by atoms with Gasteiger partial charge in [-0.15, -0.1) is 0 Å². The molecule has 1 unspecified atom stereocenters. The van der Waals surface area contributed by atoms with Crippen molar-refractivity contribution in [3.8, 4) is 11.1 Å². The lowest BCUT2D eigenvalue weighted by Crippen LogP contribution is -2.51. The van der Waals surface area contributed by atoms with Crippen LogP contribution in [0.15, 0.2) is 48.5 Å². The number of carboxylic acids is 1. The Morgan fingerprint density at radius 3 is 2.17 bits per heavy atom. The summed E-state index contributed by atoms with van der Waals surface area (Å²) in [5.74, 6) is -1.69. The van der Waals surface area contributed by atoms with Crippen LogP contribution in [-0.4, -0.2) is 42.3 Å². The first kappa shape index (κ1) is 24.8. The molecule has 186 valence electrons. The molecule has 0 aromatic heterocycles. The van der Waals surface area contributed by atoms with Crippen LogP contribution in [0.4, 0.5) is 4.79 Å². The molecule has 0 aliphatic heterocycles. The highest BCUT2D eigenvalue weighted by atomic mass is 16.5. The molecule has 0 bridgehead atoms. The Morgan fingerprint density at radius 2 is 1.60 bits per heavy atom. The smallest absolute Gasteiger partial charge is 0.407 e. The summed E-state index contributed by atoms with van der Waals surface area (Å²) in [5, 5.41) is 15.1. The van der Waals surface area contributed by atoms with Gasteiger partial charge in [0.25, 0.3) is 0 Å². The number of ether oxygens (including phenoxy) is 1. The molecule has 2 aliphatic rings. The Labute approximate surface area is 206 Å². The van der Waals surface area contributed by atoms with Crippen LogP contribution in [-0.2, 0) is 14.3 Å². The minimum Gasteiger partial charge on any atom is -0.480 e. The first-order valence-electron chi connectivity index (χ1n) is 12.3. The Balaban J connectivity index is 1.32. The summed E-state index contributed by atoms with van der Waals surface area (Å²) in [6, 6.07) is 15.4. The van der Waals surface area contributed by atoms with E-state index in [1.807, 2.05) is 24.3 Å². The third-order valence-electron chi connectivity index (χ3n) is 7.25. The minimum absolute atomic E-state index is 0.0106. The van der Waals surface area contributed by atoms with E-state index in [-0.39, 0.29) is 30.3 Å². The Morgan fingerprint density at radius 1 is 1.00 bits per heavy atom. The number of carboxylic acid groups (broad SMARTS) is 1. The standard InChI is InChI=1S/C28H34N2O5/c1-28(2,3)24(26(32)33)30-25(31)18-14-8-9-17(18)15-29-27(34)35-16-23-21-12-6-4-10-19(21)20-11-5-7-13-22(20)23/h4-7,10-13,17-18,23-24H,8-9,14-16H2,1-3H3,(H,29,34)(H,30,31)(H,32,33)/t17-,18-,24?/m0/s1. The second-order valence-corrected chi connectivity index (χ2v) is 10.6. The molecule has 3 N–H and O–H groups in total. The molecule has 35 heavy (non-hydrogen) atoms. The van der Waals surface area contributed by atoms with Crippen molar-refractivity contribution in [2.75, 3.05) is 13.2 Å². The number of rotatable bonds is 7. The number of nitrogens with one attached hydrogen (secondary N) is 2. The van der Waals surface area contributed by atoms with Gasteiger partial charge in [-0.3, -0.25) is 4.79 Å². The molecule has 1 fully saturated rings. The van der Waals surface area contributed by atoms with Gasteiger partial charge in [0.2, 0.25) is 5.91 Å². The molecule has 2 aromatic rings. The van der Waals surface area contributed by atoms with Crippen LogP contribution in [0, 0.1) is 17.3 Å². The first-order chi connectivity index (χ1) is 16.7. The van der Waals surface area contributed by atoms with Crippen molar-refractivity contribution in [2.24, 2.45) is 17.3 Å². The number of hydrogen-bond acceptors (Lipinski definition) is 4. The number of benzene rings is 2. The zero-order valence-electron chi connectivity index (χ0n) is 20.5. The number of amides is 2. The summed E-state index contributed by atoms with van der Waals surface area (Å²) < 4.78 is 5.61. The monoisotopic (exact) mass is 478 g/mol. The zero-order chi connectivity index (χ0) is 25.2. The number of fused-ring (bicyclic) bond motifs is 3. The second kappa shape index (κ2) is 10.1. The molecule has 0 heterocycles. The molecule has 7 heteroatoms. The Hall–Kier alpha value is -3.35. The Bertz CT molecular complexity index is 1060. The number of carbonyl (C=O) groups excluding carboxylic acids is 2. The van der Waals surface area contributed by atoms with Crippen molar-refractivity contribution in [3.63, 3.8) is 0 Å². The van der Waals surface area contributed by atoms with Gasteiger partial charge < -0.3 is 20.5 Å². The van der Waals surface area contributed by atoms with Crippen molar-refractivity contribution < 1.29 is 24.2 Å². The van der Waals surface area contributed by atoms with Gasteiger partial charge in [-0.05, 0) is 46.4 Å². The minimum atomic E-state index is -1.04. The average molecular weight is 479 g/mol. The normalized spacial score (nSPS) is 20.0. The summed E-state index contributed by atoms with van der Waals surface area (Å²) in [7, 11) is 0. The van der Waals surface area contributed by atoms with Crippen LogP contribution in [0.25, 0.3) is 11.1 Å². The lowest BCUT2D eigenvalue weighted by atomic mass is 9.85. The molecule has 4 rings (SSSR count). The van der Waals surface area contributed by atoms with Crippen molar-refractivity contribution >= 4 is 18.0 Å². The third-order valence-corrected chi connectivity index (χ3v) is 7.25. The molecule has 2 aromatic carbocycles. The maximum atomic E-state index is 12.9. The van der Waals surface area contributed by atoms with Gasteiger partial charge in [-0.25, -0.2) is 9.59 Å². The molecule has 0 spiro atoms. The fourth-order valence-corrected chi connectivity index (χ4v) is 5.39. The van der Waals surface area contributed by atoms with Crippen LogP contribution >= 0.6 is 0 Å². The van der Waals surface area contributed by atoms with Crippen molar-refractivity contribution in [3.05, 3.63) is 59.7 Å². The van der Waals surface area contributed by atoms with E-state index in [1.165, 1.54) is 11.1 Å². The summed E-state index contributed by atoms with van der Waals surface area (Å²) >= 11 is 0. The third kappa shape index (κ3) is 5.34. The predicted octanol–water partition coefficient (Wildman–Crippen LogP) is 4.56. The van der Waals surface area contributed by atoms with Gasteiger partial charge in [0.15, 0.2) is 0 Å². The van der Waals surface area contributed by atoms with E-state index in [1.54, 1.807) is 20.8 Å². The van der Waals surface area contributed by atoms with Crippen molar-refractivity contribution in [2.45, 2.75) is 52.0 Å². The number of carbonyl (C=O) groups is 3. The largest absolute Gasteiger partial charge is 0.480 e. The fraction of sp³-hybridized carbons (Fsp3) is 0.464. The van der Waals surface area contributed by atoms with Crippen LogP contribution in [0.1, 0.15) is 57.1 Å². The van der Waals surface area contributed by atoms with Crippen LogP contribution in [0.2, 0.25) is 0 Å². The van der Waals surface area contributed by atoms with E-state index in [9.17, 15) is 19.5 Å². The van der Waals surface area contributed by atoms with E-state index in [0.29, 0.717) is 13.0 Å². The Kier molecular flexibility index (Phi) is 7.15. The van der Waals surface area contributed by atoms with E-state index < -0.39 is 23.5 Å². The van der Waals surface area contributed by atoms with Crippen LogP contribution < -0.4 is 10.6 Å². The van der Waals surface area contributed by atoms with E-state index >= 15 is 0 Å². The number of alkyl carbamates (subject to hydrolysis) is 1. The second-order valence-electron chi connectivity index (χ2n) is 10.6. The summed E-state index contributed by atoms with van der Waals surface area (Å²) in [5.41, 5.74) is 4.05.